The predicted molar refractivity (Wildman–Crippen MR) is 87.8 cm³/mol. The summed E-state index contributed by atoms with van der Waals surface area (Å²) in [7, 11) is 0. The van der Waals surface area contributed by atoms with Gasteiger partial charge in [0.2, 0.25) is 5.91 Å². The minimum atomic E-state index is -0.482. The van der Waals surface area contributed by atoms with Crippen molar-refractivity contribution in [3.05, 3.63) is 29.3 Å². The Balaban J connectivity index is 1.94. The van der Waals surface area contributed by atoms with Gasteiger partial charge in [-0.2, -0.15) is 10.4 Å². The van der Waals surface area contributed by atoms with Gasteiger partial charge in [-0.1, -0.05) is 12.1 Å². The number of rotatable bonds is 5. The highest BCUT2D eigenvalue weighted by molar-refractivity contribution is 6.06. The number of carbonyl (C=O) groups is 2. The van der Waals surface area contributed by atoms with Crippen LogP contribution in [0.3, 0.4) is 0 Å². The third kappa shape index (κ3) is 4.92. The second kappa shape index (κ2) is 8.08. The van der Waals surface area contributed by atoms with Gasteiger partial charge in [0.25, 0.3) is 5.91 Å². The van der Waals surface area contributed by atoms with Gasteiger partial charge in [-0.25, -0.2) is 5.43 Å². The number of nitrogens with zero attached hydrogens (tertiary/aromatic N) is 2. The van der Waals surface area contributed by atoms with Crippen LogP contribution in [0.15, 0.2) is 23.3 Å². The lowest BCUT2D eigenvalue weighted by Gasteiger charge is -2.19. The molecule has 1 aromatic rings. The molecule has 1 aromatic carbocycles. The molecule has 0 spiro atoms. The molecule has 23 heavy (non-hydrogen) atoms. The summed E-state index contributed by atoms with van der Waals surface area (Å²) >= 11 is 0. The monoisotopic (exact) mass is 312 g/mol. The van der Waals surface area contributed by atoms with E-state index < -0.39 is 5.91 Å². The number of aryl methyl sites for hydroxylation is 1. The molecule has 6 nitrogen and oxygen atoms in total. The molecule has 0 fully saturated rings. The normalized spacial score (nSPS) is 13.7. The standard InChI is InChI=1S/C17H20N4O2/c1-12(20-21-16(22)9-10-18)11-17(23)19-15-8-4-6-13-5-2-3-7-14(13)15/h4,6,8H,2-3,5,7,9,11H2,1H3,(H,19,23)(H,21,22)/b20-12-. The Morgan fingerprint density at radius 3 is 2.83 bits per heavy atom. The summed E-state index contributed by atoms with van der Waals surface area (Å²) in [6.07, 6.45) is 4.23. The van der Waals surface area contributed by atoms with Crippen LogP contribution < -0.4 is 10.7 Å². The molecular weight excluding hydrogens is 292 g/mol. The third-order valence-electron chi connectivity index (χ3n) is 3.70. The van der Waals surface area contributed by atoms with Crippen LogP contribution in [0, 0.1) is 11.3 Å². The summed E-state index contributed by atoms with van der Waals surface area (Å²) < 4.78 is 0. The van der Waals surface area contributed by atoms with E-state index in [1.807, 2.05) is 12.1 Å². The fraction of sp³-hybridized carbons (Fsp3) is 0.412. The number of hydrogen-bond donors (Lipinski definition) is 2. The molecule has 0 aliphatic heterocycles. The van der Waals surface area contributed by atoms with Gasteiger partial charge in [0.1, 0.15) is 6.42 Å². The van der Waals surface area contributed by atoms with E-state index in [1.54, 1.807) is 13.0 Å². The molecule has 120 valence electrons. The van der Waals surface area contributed by atoms with Gasteiger partial charge in [-0.3, -0.25) is 9.59 Å². The Bertz CT molecular complexity index is 674. The Morgan fingerprint density at radius 1 is 1.26 bits per heavy atom. The molecule has 1 aliphatic rings. The van der Waals surface area contributed by atoms with Gasteiger partial charge in [0.05, 0.1) is 12.5 Å². The van der Waals surface area contributed by atoms with Gasteiger partial charge in [-0.15, -0.1) is 0 Å². The SMILES string of the molecule is C/C(CC(=O)Nc1cccc2c1CCCC2)=N/NC(=O)CC#N. The van der Waals surface area contributed by atoms with Crippen molar-refractivity contribution in [2.75, 3.05) is 5.32 Å². The first kappa shape index (κ1) is 16.7. The highest BCUT2D eigenvalue weighted by Crippen LogP contribution is 2.27. The van der Waals surface area contributed by atoms with E-state index in [2.05, 4.69) is 21.9 Å². The van der Waals surface area contributed by atoms with Crippen LogP contribution in [0.1, 0.15) is 43.7 Å². The van der Waals surface area contributed by atoms with E-state index >= 15 is 0 Å². The Hall–Kier alpha value is -2.68. The van der Waals surface area contributed by atoms with Crippen molar-refractivity contribution in [2.45, 2.75) is 45.4 Å². The zero-order valence-electron chi connectivity index (χ0n) is 13.2. The Labute approximate surface area is 135 Å². The molecule has 1 aliphatic carbocycles. The van der Waals surface area contributed by atoms with Crippen molar-refractivity contribution in [1.29, 1.82) is 5.26 Å². The van der Waals surface area contributed by atoms with Crippen LogP contribution >= 0.6 is 0 Å². The van der Waals surface area contributed by atoms with E-state index in [4.69, 9.17) is 5.26 Å². The molecule has 0 bridgehead atoms. The van der Waals surface area contributed by atoms with Gasteiger partial charge in [0, 0.05) is 11.4 Å². The van der Waals surface area contributed by atoms with E-state index in [0.29, 0.717) is 5.71 Å². The van der Waals surface area contributed by atoms with Gasteiger partial charge in [-0.05, 0) is 49.8 Å². The van der Waals surface area contributed by atoms with Crippen LogP contribution in [0.2, 0.25) is 0 Å². The number of benzene rings is 1. The van der Waals surface area contributed by atoms with Crippen molar-refractivity contribution in [2.24, 2.45) is 5.10 Å². The molecule has 0 unspecified atom stereocenters. The molecule has 0 heterocycles. The lowest BCUT2D eigenvalue weighted by atomic mass is 9.90. The fourth-order valence-electron chi connectivity index (χ4n) is 2.63. The van der Waals surface area contributed by atoms with Crippen molar-refractivity contribution >= 4 is 23.2 Å². The number of nitriles is 1. The zero-order chi connectivity index (χ0) is 16.7. The summed E-state index contributed by atoms with van der Waals surface area (Å²) in [5, 5.41) is 15.1. The maximum atomic E-state index is 12.1. The summed E-state index contributed by atoms with van der Waals surface area (Å²) in [5.41, 5.74) is 6.14. The lowest BCUT2D eigenvalue weighted by molar-refractivity contribution is -0.120. The number of nitrogens with one attached hydrogen (secondary N) is 2. The average Bonchev–Trinajstić information content (AvgIpc) is 2.53. The molecule has 2 rings (SSSR count). The molecular formula is C17H20N4O2. The zero-order valence-corrected chi connectivity index (χ0v) is 13.2. The molecule has 0 aromatic heterocycles. The minimum absolute atomic E-state index is 0.0938. The molecule has 0 radical (unpaired) electrons. The van der Waals surface area contributed by atoms with Crippen LogP contribution in [0.4, 0.5) is 5.69 Å². The van der Waals surface area contributed by atoms with Crippen LogP contribution in [-0.2, 0) is 22.4 Å². The number of amides is 2. The lowest BCUT2D eigenvalue weighted by Crippen LogP contribution is -2.21. The summed E-state index contributed by atoms with van der Waals surface area (Å²) in [4.78, 5) is 23.3. The Kier molecular flexibility index (Phi) is 5.87. The molecule has 0 saturated carbocycles. The van der Waals surface area contributed by atoms with Crippen molar-refractivity contribution < 1.29 is 9.59 Å². The maximum absolute atomic E-state index is 12.1. The van der Waals surface area contributed by atoms with Crippen LogP contribution in [0.5, 0.6) is 0 Å². The van der Waals surface area contributed by atoms with E-state index in [9.17, 15) is 9.59 Å². The number of hydrazone groups is 1. The number of carbonyl (C=O) groups excluding carboxylic acids is 2. The quantitative estimate of drug-likeness (QED) is 0.645. The van der Waals surface area contributed by atoms with Gasteiger partial charge >= 0.3 is 0 Å². The molecule has 0 atom stereocenters. The Morgan fingerprint density at radius 2 is 2.04 bits per heavy atom. The van der Waals surface area contributed by atoms with E-state index in [0.717, 1.165) is 24.9 Å². The van der Waals surface area contributed by atoms with E-state index in [-0.39, 0.29) is 18.7 Å². The maximum Gasteiger partial charge on any atom is 0.254 e. The molecule has 6 heteroatoms. The summed E-state index contributed by atoms with van der Waals surface area (Å²) in [6, 6.07) is 7.73. The largest absolute Gasteiger partial charge is 0.325 e. The van der Waals surface area contributed by atoms with Gasteiger partial charge < -0.3 is 5.32 Å². The van der Waals surface area contributed by atoms with Crippen molar-refractivity contribution in [3.8, 4) is 6.07 Å². The predicted octanol–water partition coefficient (Wildman–Crippen LogP) is 2.30. The first-order valence-electron chi connectivity index (χ1n) is 7.69. The fourth-order valence-corrected chi connectivity index (χ4v) is 2.63. The third-order valence-corrected chi connectivity index (χ3v) is 3.70. The second-order valence-corrected chi connectivity index (χ2v) is 5.59. The number of hydrogen-bond acceptors (Lipinski definition) is 4. The highest BCUT2D eigenvalue weighted by atomic mass is 16.2. The van der Waals surface area contributed by atoms with E-state index in [1.165, 1.54) is 17.5 Å². The highest BCUT2D eigenvalue weighted by Gasteiger charge is 2.14. The topological polar surface area (TPSA) is 94.3 Å². The van der Waals surface area contributed by atoms with Crippen LogP contribution in [0.25, 0.3) is 0 Å². The van der Waals surface area contributed by atoms with Crippen LogP contribution in [-0.4, -0.2) is 17.5 Å². The minimum Gasteiger partial charge on any atom is -0.325 e. The first-order valence-corrected chi connectivity index (χ1v) is 7.69. The smallest absolute Gasteiger partial charge is 0.254 e. The molecule has 0 saturated heterocycles. The van der Waals surface area contributed by atoms with Gasteiger partial charge in [0.15, 0.2) is 0 Å². The molecule has 2 N–H and O–H groups in total. The summed E-state index contributed by atoms with van der Waals surface area (Å²) in [5.74, 6) is -0.649. The average molecular weight is 312 g/mol. The molecule has 2 amide bonds. The number of anilines is 1. The van der Waals surface area contributed by atoms with Crippen molar-refractivity contribution in [3.63, 3.8) is 0 Å². The first-order chi connectivity index (χ1) is 11.1. The summed E-state index contributed by atoms with van der Waals surface area (Å²) in [6.45, 7) is 1.66. The number of fused-ring (bicyclic) bond motifs is 1. The van der Waals surface area contributed by atoms with Crippen molar-refractivity contribution in [1.82, 2.24) is 5.43 Å². The second-order valence-electron chi connectivity index (χ2n) is 5.59.